The average Bonchev–Trinajstić information content (AvgIpc) is 2.47. The van der Waals surface area contributed by atoms with E-state index in [-0.39, 0.29) is 12.1 Å². The molecule has 0 N–H and O–H groups in total. The standard InChI is InChI=1S/C17H24O2/c1-14(15-8-4-2-5-9-15)12-13-17(18)19-16-10-6-3-7-11-16/h2,4-5,8-9,14,16H,3,6-7,10-13H2,1H3. The number of carbonyl (C=O) groups excluding carboxylic acids is 1. The maximum atomic E-state index is 11.8. The van der Waals surface area contributed by atoms with E-state index in [0.29, 0.717) is 12.3 Å². The summed E-state index contributed by atoms with van der Waals surface area (Å²) in [5.74, 6) is 0.398. The van der Waals surface area contributed by atoms with Gasteiger partial charge in [-0.2, -0.15) is 0 Å². The Hall–Kier alpha value is -1.31. The Morgan fingerprint density at radius 2 is 1.89 bits per heavy atom. The molecule has 0 amide bonds. The zero-order valence-electron chi connectivity index (χ0n) is 11.8. The van der Waals surface area contributed by atoms with E-state index in [1.807, 2.05) is 18.2 Å². The van der Waals surface area contributed by atoms with Crippen LogP contribution in [0.15, 0.2) is 30.3 Å². The van der Waals surface area contributed by atoms with Gasteiger partial charge in [0.25, 0.3) is 0 Å². The van der Waals surface area contributed by atoms with Crippen molar-refractivity contribution in [3.63, 3.8) is 0 Å². The third-order valence-corrected chi connectivity index (χ3v) is 4.00. The summed E-state index contributed by atoms with van der Waals surface area (Å²) in [6.07, 6.45) is 7.41. The van der Waals surface area contributed by atoms with Gasteiger partial charge >= 0.3 is 5.97 Å². The molecule has 1 aromatic carbocycles. The van der Waals surface area contributed by atoms with E-state index in [0.717, 1.165) is 19.3 Å². The van der Waals surface area contributed by atoms with Gasteiger partial charge in [-0.15, -0.1) is 0 Å². The summed E-state index contributed by atoms with van der Waals surface area (Å²) in [5.41, 5.74) is 1.30. The molecule has 1 saturated carbocycles. The third kappa shape index (κ3) is 4.70. The fourth-order valence-corrected chi connectivity index (χ4v) is 2.71. The lowest BCUT2D eigenvalue weighted by Crippen LogP contribution is -2.20. The first-order valence-electron chi connectivity index (χ1n) is 7.50. The number of carbonyl (C=O) groups is 1. The Kier molecular flexibility index (Phi) is 5.44. The van der Waals surface area contributed by atoms with Gasteiger partial charge in [0, 0.05) is 6.42 Å². The highest BCUT2D eigenvalue weighted by Crippen LogP contribution is 2.23. The lowest BCUT2D eigenvalue weighted by atomic mass is 9.96. The predicted molar refractivity (Wildman–Crippen MR) is 77.1 cm³/mol. The number of ether oxygens (including phenoxy) is 1. The summed E-state index contributed by atoms with van der Waals surface area (Å²) in [6.45, 7) is 2.17. The minimum absolute atomic E-state index is 0.0188. The quantitative estimate of drug-likeness (QED) is 0.731. The van der Waals surface area contributed by atoms with Crippen molar-refractivity contribution in [2.45, 2.75) is 63.9 Å². The van der Waals surface area contributed by atoms with Crippen molar-refractivity contribution in [1.82, 2.24) is 0 Å². The van der Waals surface area contributed by atoms with Gasteiger partial charge in [0.2, 0.25) is 0 Å². The second-order valence-electron chi connectivity index (χ2n) is 5.60. The van der Waals surface area contributed by atoms with Crippen LogP contribution < -0.4 is 0 Å². The first-order valence-corrected chi connectivity index (χ1v) is 7.50. The van der Waals surface area contributed by atoms with Crippen LogP contribution in [0.1, 0.15) is 63.4 Å². The van der Waals surface area contributed by atoms with Gasteiger partial charge in [0.05, 0.1) is 0 Å². The Labute approximate surface area is 116 Å². The highest BCUT2D eigenvalue weighted by atomic mass is 16.5. The highest BCUT2D eigenvalue weighted by Gasteiger charge is 2.18. The van der Waals surface area contributed by atoms with E-state index in [4.69, 9.17) is 4.74 Å². The predicted octanol–water partition coefficient (Wildman–Crippen LogP) is 4.45. The van der Waals surface area contributed by atoms with E-state index in [2.05, 4.69) is 19.1 Å². The molecular formula is C17H24O2. The number of hydrogen-bond acceptors (Lipinski definition) is 2. The van der Waals surface area contributed by atoms with E-state index >= 15 is 0 Å². The fraction of sp³-hybridized carbons (Fsp3) is 0.588. The van der Waals surface area contributed by atoms with Crippen LogP contribution in [-0.4, -0.2) is 12.1 Å². The molecule has 0 radical (unpaired) electrons. The summed E-state index contributed by atoms with van der Waals surface area (Å²) >= 11 is 0. The van der Waals surface area contributed by atoms with Crippen LogP contribution in [0.5, 0.6) is 0 Å². The third-order valence-electron chi connectivity index (χ3n) is 4.00. The van der Waals surface area contributed by atoms with Gasteiger partial charge in [-0.05, 0) is 43.6 Å². The monoisotopic (exact) mass is 260 g/mol. The topological polar surface area (TPSA) is 26.3 Å². The smallest absolute Gasteiger partial charge is 0.306 e. The lowest BCUT2D eigenvalue weighted by molar-refractivity contribution is -0.150. The second-order valence-corrected chi connectivity index (χ2v) is 5.60. The van der Waals surface area contributed by atoms with Gasteiger partial charge in [-0.25, -0.2) is 0 Å². The Morgan fingerprint density at radius 3 is 2.58 bits per heavy atom. The van der Waals surface area contributed by atoms with E-state index in [1.165, 1.54) is 24.8 Å². The van der Waals surface area contributed by atoms with Crippen LogP contribution in [0.25, 0.3) is 0 Å². The van der Waals surface area contributed by atoms with Crippen molar-refractivity contribution >= 4 is 5.97 Å². The lowest BCUT2D eigenvalue weighted by Gasteiger charge is -2.22. The minimum atomic E-state index is -0.0188. The molecular weight excluding hydrogens is 236 g/mol. The molecule has 2 heteroatoms. The van der Waals surface area contributed by atoms with Crippen LogP contribution in [-0.2, 0) is 9.53 Å². The zero-order chi connectivity index (χ0) is 13.5. The molecule has 2 nitrogen and oxygen atoms in total. The number of hydrogen-bond donors (Lipinski definition) is 0. The van der Waals surface area contributed by atoms with Crippen molar-refractivity contribution < 1.29 is 9.53 Å². The van der Waals surface area contributed by atoms with Gasteiger partial charge < -0.3 is 4.74 Å². The minimum Gasteiger partial charge on any atom is -0.462 e. The van der Waals surface area contributed by atoms with Crippen LogP contribution in [0.3, 0.4) is 0 Å². The molecule has 0 saturated heterocycles. The van der Waals surface area contributed by atoms with E-state index < -0.39 is 0 Å². The van der Waals surface area contributed by atoms with Crippen molar-refractivity contribution in [2.75, 3.05) is 0 Å². The number of rotatable bonds is 5. The van der Waals surface area contributed by atoms with Crippen LogP contribution >= 0.6 is 0 Å². The molecule has 0 aromatic heterocycles. The maximum absolute atomic E-state index is 11.8. The number of benzene rings is 1. The number of esters is 1. The van der Waals surface area contributed by atoms with Crippen molar-refractivity contribution in [3.05, 3.63) is 35.9 Å². The van der Waals surface area contributed by atoms with Crippen molar-refractivity contribution in [1.29, 1.82) is 0 Å². The van der Waals surface area contributed by atoms with E-state index in [1.54, 1.807) is 0 Å². The van der Waals surface area contributed by atoms with Crippen molar-refractivity contribution in [3.8, 4) is 0 Å². The molecule has 0 spiro atoms. The second kappa shape index (κ2) is 7.32. The Bertz CT molecular complexity index is 380. The van der Waals surface area contributed by atoms with Crippen LogP contribution in [0, 0.1) is 0 Å². The molecule has 19 heavy (non-hydrogen) atoms. The first-order chi connectivity index (χ1) is 9.25. The SMILES string of the molecule is CC(CCC(=O)OC1CCCCC1)c1ccccc1. The van der Waals surface area contributed by atoms with Crippen LogP contribution in [0.4, 0.5) is 0 Å². The van der Waals surface area contributed by atoms with Gasteiger partial charge in [-0.3, -0.25) is 4.79 Å². The maximum Gasteiger partial charge on any atom is 0.306 e. The van der Waals surface area contributed by atoms with E-state index in [9.17, 15) is 4.79 Å². The van der Waals surface area contributed by atoms with Crippen molar-refractivity contribution in [2.24, 2.45) is 0 Å². The van der Waals surface area contributed by atoms with Gasteiger partial charge in [0.15, 0.2) is 0 Å². The first kappa shape index (κ1) is 14.1. The highest BCUT2D eigenvalue weighted by molar-refractivity contribution is 5.69. The molecule has 1 unspecified atom stereocenters. The van der Waals surface area contributed by atoms with Gasteiger partial charge in [-0.1, -0.05) is 43.7 Å². The summed E-state index contributed by atoms with van der Waals surface area (Å²) in [4.78, 5) is 11.8. The Morgan fingerprint density at radius 1 is 1.21 bits per heavy atom. The molecule has 104 valence electrons. The molecule has 1 aromatic rings. The molecule has 2 rings (SSSR count). The molecule has 1 aliphatic carbocycles. The fourth-order valence-electron chi connectivity index (χ4n) is 2.71. The molecule has 0 aliphatic heterocycles. The summed E-state index contributed by atoms with van der Waals surface area (Å²) in [6, 6.07) is 10.4. The Balaban J connectivity index is 1.71. The summed E-state index contributed by atoms with van der Waals surface area (Å²) in [7, 11) is 0. The molecule has 1 fully saturated rings. The average molecular weight is 260 g/mol. The van der Waals surface area contributed by atoms with Crippen LogP contribution in [0.2, 0.25) is 0 Å². The molecule has 1 aliphatic rings. The molecule has 1 atom stereocenters. The molecule has 0 bridgehead atoms. The largest absolute Gasteiger partial charge is 0.462 e. The summed E-state index contributed by atoms with van der Waals surface area (Å²) < 4.78 is 5.54. The summed E-state index contributed by atoms with van der Waals surface area (Å²) in [5, 5.41) is 0. The molecule has 0 heterocycles. The normalized spacial score (nSPS) is 17.9. The zero-order valence-corrected chi connectivity index (χ0v) is 11.8. The van der Waals surface area contributed by atoms with Gasteiger partial charge in [0.1, 0.15) is 6.10 Å².